The first kappa shape index (κ1) is 23.2. The molecule has 0 saturated carbocycles. The first-order valence-corrected chi connectivity index (χ1v) is 10.5. The molecule has 0 heterocycles. The third-order valence-corrected chi connectivity index (χ3v) is 4.72. The van der Waals surface area contributed by atoms with Crippen molar-refractivity contribution < 1.29 is 15.0 Å². The number of benzene rings is 1. The topological polar surface area (TPSA) is 57.5 Å². The van der Waals surface area contributed by atoms with Crippen molar-refractivity contribution in [2.45, 2.75) is 83.7 Å². The van der Waals surface area contributed by atoms with E-state index in [9.17, 15) is 9.90 Å². The van der Waals surface area contributed by atoms with E-state index in [4.69, 9.17) is 5.11 Å². The Bertz CT molecular complexity index is 575. The number of aliphatic hydroxyl groups excluding tert-OH is 1. The number of carboxylic acids is 1. The molecule has 0 aliphatic rings. The monoisotopic (exact) mass is 372 g/mol. The molecule has 0 saturated heterocycles. The predicted molar refractivity (Wildman–Crippen MR) is 114 cm³/mol. The Kier molecular flexibility index (Phi) is 13.1. The molecule has 0 aromatic heterocycles. The Morgan fingerprint density at radius 1 is 1.00 bits per heavy atom. The Morgan fingerprint density at radius 3 is 2.52 bits per heavy atom. The number of carboxylic acid groups (broad SMARTS) is 1. The van der Waals surface area contributed by atoms with Crippen LogP contribution in [0.15, 0.2) is 42.5 Å². The SMILES string of the molecule is CCCCCCCCC(O)C=CC=Cc1ccccc1CCCCC(=O)O. The van der Waals surface area contributed by atoms with E-state index in [1.165, 1.54) is 37.7 Å². The first-order valence-electron chi connectivity index (χ1n) is 10.5. The molecule has 1 unspecified atom stereocenters. The van der Waals surface area contributed by atoms with Gasteiger partial charge in [-0.25, -0.2) is 0 Å². The molecule has 3 nitrogen and oxygen atoms in total. The van der Waals surface area contributed by atoms with E-state index in [0.29, 0.717) is 6.42 Å². The van der Waals surface area contributed by atoms with Crippen molar-refractivity contribution in [3.05, 3.63) is 53.6 Å². The average Bonchev–Trinajstić information content (AvgIpc) is 2.66. The van der Waals surface area contributed by atoms with Gasteiger partial charge in [0.2, 0.25) is 0 Å². The summed E-state index contributed by atoms with van der Waals surface area (Å²) in [5, 5.41) is 18.7. The molecule has 0 aliphatic heterocycles. The molecule has 0 bridgehead atoms. The number of aliphatic hydroxyl groups is 1. The van der Waals surface area contributed by atoms with E-state index in [0.717, 1.165) is 31.2 Å². The lowest BCUT2D eigenvalue weighted by Crippen LogP contribution is -2.01. The molecule has 1 rings (SSSR count). The van der Waals surface area contributed by atoms with Crippen molar-refractivity contribution in [2.75, 3.05) is 0 Å². The summed E-state index contributed by atoms with van der Waals surface area (Å²) in [5.74, 6) is -0.729. The molecule has 27 heavy (non-hydrogen) atoms. The Labute approximate surface area is 164 Å². The summed E-state index contributed by atoms with van der Waals surface area (Å²) in [4.78, 5) is 10.6. The minimum absolute atomic E-state index is 0.233. The molecule has 0 aliphatic carbocycles. The van der Waals surface area contributed by atoms with Gasteiger partial charge >= 0.3 is 5.97 Å². The van der Waals surface area contributed by atoms with Crippen LogP contribution in [0.2, 0.25) is 0 Å². The van der Waals surface area contributed by atoms with Crippen molar-refractivity contribution in [3.63, 3.8) is 0 Å². The van der Waals surface area contributed by atoms with Gasteiger partial charge in [-0.2, -0.15) is 0 Å². The highest BCUT2D eigenvalue weighted by Gasteiger charge is 2.01. The first-order chi connectivity index (χ1) is 13.1. The van der Waals surface area contributed by atoms with Crippen molar-refractivity contribution in [1.82, 2.24) is 0 Å². The van der Waals surface area contributed by atoms with Crippen LogP contribution >= 0.6 is 0 Å². The fraction of sp³-hybridized carbons (Fsp3) is 0.542. The summed E-state index contributed by atoms with van der Waals surface area (Å²) < 4.78 is 0. The highest BCUT2D eigenvalue weighted by atomic mass is 16.4. The van der Waals surface area contributed by atoms with E-state index in [2.05, 4.69) is 25.1 Å². The lowest BCUT2D eigenvalue weighted by atomic mass is 10.0. The molecular formula is C24H36O3. The average molecular weight is 373 g/mol. The van der Waals surface area contributed by atoms with Crippen LogP contribution in [-0.2, 0) is 11.2 Å². The van der Waals surface area contributed by atoms with Gasteiger partial charge in [0.25, 0.3) is 0 Å². The van der Waals surface area contributed by atoms with Crippen LogP contribution in [0, 0.1) is 0 Å². The van der Waals surface area contributed by atoms with Gasteiger partial charge in [0.1, 0.15) is 0 Å². The molecule has 150 valence electrons. The molecular weight excluding hydrogens is 336 g/mol. The Hall–Kier alpha value is -1.87. The number of allylic oxidation sites excluding steroid dienone is 2. The van der Waals surface area contributed by atoms with Gasteiger partial charge in [-0.15, -0.1) is 0 Å². The summed E-state index contributed by atoms with van der Waals surface area (Å²) >= 11 is 0. The van der Waals surface area contributed by atoms with Gasteiger partial charge in [-0.3, -0.25) is 4.79 Å². The second kappa shape index (κ2) is 15.2. The van der Waals surface area contributed by atoms with Crippen molar-refractivity contribution in [2.24, 2.45) is 0 Å². The number of hydrogen-bond donors (Lipinski definition) is 2. The zero-order valence-corrected chi connectivity index (χ0v) is 16.8. The molecule has 0 fully saturated rings. The van der Waals surface area contributed by atoms with Gasteiger partial charge < -0.3 is 10.2 Å². The fourth-order valence-electron chi connectivity index (χ4n) is 3.10. The number of carbonyl (C=O) groups is 1. The second-order valence-electron chi connectivity index (χ2n) is 7.17. The molecule has 0 radical (unpaired) electrons. The third-order valence-electron chi connectivity index (χ3n) is 4.72. The summed E-state index contributed by atoms with van der Waals surface area (Å²) in [7, 11) is 0. The van der Waals surface area contributed by atoms with Crippen molar-refractivity contribution >= 4 is 12.0 Å². The van der Waals surface area contributed by atoms with Gasteiger partial charge in [0.05, 0.1) is 6.10 Å². The maximum atomic E-state index is 10.6. The molecule has 1 atom stereocenters. The summed E-state index contributed by atoms with van der Waals surface area (Å²) in [6.07, 6.45) is 18.4. The Balaban J connectivity index is 2.34. The maximum absolute atomic E-state index is 10.6. The lowest BCUT2D eigenvalue weighted by Gasteiger charge is -2.06. The second-order valence-corrected chi connectivity index (χ2v) is 7.17. The number of aliphatic carboxylic acids is 1. The van der Waals surface area contributed by atoms with E-state index in [1.54, 1.807) is 0 Å². The minimum Gasteiger partial charge on any atom is -0.481 e. The number of unbranched alkanes of at least 4 members (excludes halogenated alkanes) is 6. The molecule has 0 spiro atoms. The van der Waals surface area contributed by atoms with Crippen LogP contribution in [0.5, 0.6) is 0 Å². The summed E-state index contributed by atoms with van der Waals surface area (Å²) in [6.45, 7) is 2.22. The van der Waals surface area contributed by atoms with Crippen LogP contribution in [0.3, 0.4) is 0 Å². The zero-order valence-electron chi connectivity index (χ0n) is 16.8. The molecule has 1 aromatic rings. The molecule has 0 amide bonds. The summed E-state index contributed by atoms with van der Waals surface area (Å²) in [5.41, 5.74) is 2.39. The van der Waals surface area contributed by atoms with Crippen LogP contribution < -0.4 is 0 Å². The van der Waals surface area contributed by atoms with Crippen molar-refractivity contribution in [3.8, 4) is 0 Å². The highest BCUT2D eigenvalue weighted by molar-refractivity contribution is 5.66. The predicted octanol–water partition coefficient (Wildman–Crippen LogP) is 6.16. The van der Waals surface area contributed by atoms with E-state index < -0.39 is 5.97 Å². The highest BCUT2D eigenvalue weighted by Crippen LogP contribution is 2.15. The quantitative estimate of drug-likeness (QED) is 0.286. The molecule has 1 aromatic carbocycles. The maximum Gasteiger partial charge on any atom is 0.303 e. The van der Waals surface area contributed by atoms with Gasteiger partial charge in [-0.1, -0.05) is 94.0 Å². The summed E-state index contributed by atoms with van der Waals surface area (Å²) in [6, 6.07) is 8.20. The van der Waals surface area contributed by atoms with Gasteiger partial charge in [0, 0.05) is 6.42 Å². The van der Waals surface area contributed by atoms with E-state index in [-0.39, 0.29) is 12.5 Å². The standard InChI is InChI=1S/C24H36O3/c1-2-3-4-5-6-7-18-23(25)19-12-10-16-21-14-8-9-15-22(21)17-11-13-20-24(26)27/h8-10,12,14-16,19,23,25H,2-7,11,13,17-18,20H2,1H3,(H,26,27). The smallest absolute Gasteiger partial charge is 0.303 e. The van der Waals surface area contributed by atoms with E-state index in [1.807, 2.05) is 30.4 Å². The zero-order chi connectivity index (χ0) is 19.7. The Morgan fingerprint density at radius 2 is 1.74 bits per heavy atom. The normalized spacial score (nSPS) is 12.8. The molecule has 3 heteroatoms. The van der Waals surface area contributed by atoms with Gasteiger partial charge in [-0.05, 0) is 36.8 Å². The fourth-order valence-corrected chi connectivity index (χ4v) is 3.10. The molecule has 2 N–H and O–H groups in total. The van der Waals surface area contributed by atoms with Crippen LogP contribution in [0.1, 0.15) is 82.3 Å². The largest absolute Gasteiger partial charge is 0.481 e. The van der Waals surface area contributed by atoms with Crippen LogP contribution in [-0.4, -0.2) is 22.3 Å². The lowest BCUT2D eigenvalue weighted by molar-refractivity contribution is -0.137. The van der Waals surface area contributed by atoms with Crippen LogP contribution in [0.4, 0.5) is 0 Å². The van der Waals surface area contributed by atoms with E-state index >= 15 is 0 Å². The number of hydrogen-bond acceptors (Lipinski definition) is 2. The van der Waals surface area contributed by atoms with Crippen molar-refractivity contribution in [1.29, 1.82) is 0 Å². The third kappa shape index (κ3) is 12.2. The number of rotatable bonds is 15. The number of aryl methyl sites for hydroxylation is 1. The van der Waals surface area contributed by atoms with Gasteiger partial charge in [0.15, 0.2) is 0 Å². The van der Waals surface area contributed by atoms with Crippen LogP contribution in [0.25, 0.3) is 6.08 Å². The minimum atomic E-state index is -0.729.